The average Bonchev–Trinajstić information content (AvgIpc) is 2.60. The molecule has 0 aliphatic rings. The van der Waals surface area contributed by atoms with Gasteiger partial charge >= 0.3 is 0 Å². The Kier molecular flexibility index (Phi) is 4.83. The minimum Gasteiger partial charge on any atom is -0.322 e. The van der Waals surface area contributed by atoms with Gasteiger partial charge in [0.1, 0.15) is 24.0 Å². The molecule has 1 aromatic heterocycles. The van der Waals surface area contributed by atoms with Crippen LogP contribution >= 0.6 is 0 Å². The molecule has 0 fully saturated rings. The molecule has 0 radical (unpaired) electrons. The molecule has 1 amide bonds. The Morgan fingerprint density at radius 2 is 1.81 bits per heavy atom. The Morgan fingerprint density at radius 3 is 2.50 bits per heavy atom. The second-order valence-corrected chi connectivity index (χ2v) is 5.39. The summed E-state index contributed by atoms with van der Waals surface area (Å²) in [5, 5.41) is 2.24. The number of nitrogens with one attached hydrogen (secondary N) is 1. The van der Waals surface area contributed by atoms with Crippen molar-refractivity contribution >= 4 is 11.6 Å². The number of aromatic nitrogens is 2. The Hall–Kier alpha value is -3.42. The summed E-state index contributed by atoms with van der Waals surface area (Å²) >= 11 is 0. The molecule has 26 heavy (non-hydrogen) atoms. The number of anilines is 1. The number of hydrogen-bond donors (Lipinski definition) is 1. The fourth-order valence-electron chi connectivity index (χ4n) is 2.30. The standard InChI is InChI=1S/C18H12F3N3O2/c19-11-5-6-15(14(21)7-11)23-17(25)9-24-10-22-16(8-18(24)26)12-3-1-2-4-13(12)20/h1-8,10H,9H2,(H,23,25). The van der Waals surface area contributed by atoms with Gasteiger partial charge in [-0.3, -0.25) is 14.2 Å². The van der Waals surface area contributed by atoms with Crippen LogP contribution in [0.25, 0.3) is 11.3 Å². The first-order valence-electron chi connectivity index (χ1n) is 7.50. The number of halogens is 3. The molecule has 3 aromatic rings. The van der Waals surface area contributed by atoms with E-state index in [0.29, 0.717) is 6.07 Å². The third-order valence-corrected chi connectivity index (χ3v) is 3.55. The van der Waals surface area contributed by atoms with E-state index < -0.39 is 35.5 Å². The Bertz CT molecular complexity index is 1030. The molecule has 0 atom stereocenters. The van der Waals surface area contributed by atoms with Gasteiger partial charge in [-0.05, 0) is 24.3 Å². The highest BCUT2D eigenvalue weighted by Crippen LogP contribution is 2.18. The van der Waals surface area contributed by atoms with Crippen molar-refractivity contribution < 1.29 is 18.0 Å². The van der Waals surface area contributed by atoms with Gasteiger partial charge in [-0.1, -0.05) is 12.1 Å². The second kappa shape index (κ2) is 7.22. The number of nitrogens with zero attached hydrogens (tertiary/aromatic N) is 2. The molecule has 5 nitrogen and oxygen atoms in total. The third-order valence-electron chi connectivity index (χ3n) is 3.55. The van der Waals surface area contributed by atoms with E-state index in [4.69, 9.17) is 0 Å². The maximum atomic E-state index is 13.8. The van der Waals surface area contributed by atoms with E-state index in [1.165, 1.54) is 18.2 Å². The molecule has 0 spiro atoms. The van der Waals surface area contributed by atoms with E-state index in [-0.39, 0.29) is 16.9 Å². The van der Waals surface area contributed by atoms with E-state index >= 15 is 0 Å². The molecule has 1 N–H and O–H groups in total. The molecule has 0 saturated carbocycles. The summed E-state index contributed by atoms with van der Waals surface area (Å²) in [5.74, 6) is -2.93. The van der Waals surface area contributed by atoms with Gasteiger partial charge in [0.25, 0.3) is 5.56 Å². The van der Waals surface area contributed by atoms with Crippen molar-refractivity contribution in [1.29, 1.82) is 0 Å². The smallest absolute Gasteiger partial charge is 0.254 e. The molecule has 1 heterocycles. The SMILES string of the molecule is O=C(Cn1cnc(-c2ccccc2F)cc1=O)Nc1ccc(F)cc1F. The van der Waals surface area contributed by atoms with Crippen molar-refractivity contribution in [1.82, 2.24) is 9.55 Å². The maximum Gasteiger partial charge on any atom is 0.254 e. The van der Waals surface area contributed by atoms with Gasteiger partial charge in [0.15, 0.2) is 0 Å². The molecular weight excluding hydrogens is 347 g/mol. The van der Waals surface area contributed by atoms with Crippen molar-refractivity contribution in [2.75, 3.05) is 5.32 Å². The van der Waals surface area contributed by atoms with Gasteiger partial charge in [-0.25, -0.2) is 18.2 Å². The van der Waals surface area contributed by atoms with Gasteiger partial charge in [0.05, 0.1) is 17.7 Å². The number of amides is 1. The third kappa shape index (κ3) is 3.80. The molecule has 132 valence electrons. The minimum absolute atomic E-state index is 0.134. The quantitative estimate of drug-likeness (QED) is 0.779. The second-order valence-electron chi connectivity index (χ2n) is 5.39. The maximum absolute atomic E-state index is 13.8. The van der Waals surface area contributed by atoms with E-state index in [2.05, 4.69) is 10.3 Å². The Morgan fingerprint density at radius 1 is 1.04 bits per heavy atom. The summed E-state index contributed by atoms with van der Waals surface area (Å²) in [6, 6.07) is 9.64. The highest BCUT2D eigenvalue weighted by molar-refractivity contribution is 5.90. The van der Waals surface area contributed by atoms with E-state index in [0.717, 1.165) is 29.1 Å². The number of carbonyl (C=O) groups is 1. The van der Waals surface area contributed by atoms with Crippen LogP contribution in [0.4, 0.5) is 18.9 Å². The molecule has 3 rings (SSSR count). The predicted molar refractivity (Wildman–Crippen MR) is 88.9 cm³/mol. The predicted octanol–water partition coefficient (Wildman–Crippen LogP) is 2.97. The molecule has 8 heteroatoms. The number of rotatable bonds is 4. The normalized spacial score (nSPS) is 10.6. The first-order valence-corrected chi connectivity index (χ1v) is 7.50. The summed E-state index contributed by atoms with van der Waals surface area (Å²) in [5.41, 5.74) is -0.489. The van der Waals surface area contributed by atoms with Crippen molar-refractivity contribution in [3.8, 4) is 11.3 Å². The zero-order chi connectivity index (χ0) is 18.7. The lowest BCUT2D eigenvalue weighted by atomic mass is 10.1. The summed E-state index contributed by atoms with van der Waals surface area (Å²) in [7, 11) is 0. The zero-order valence-corrected chi connectivity index (χ0v) is 13.2. The van der Waals surface area contributed by atoms with Gasteiger partial charge in [0, 0.05) is 17.7 Å². The lowest BCUT2D eigenvalue weighted by molar-refractivity contribution is -0.116. The highest BCUT2D eigenvalue weighted by Gasteiger charge is 2.11. The first kappa shape index (κ1) is 17.4. The van der Waals surface area contributed by atoms with E-state index in [9.17, 15) is 22.8 Å². The Balaban J connectivity index is 1.77. The molecule has 0 aliphatic heterocycles. The van der Waals surface area contributed by atoms with Crippen molar-refractivity contribution in [2.24, 2.45) is 0 Å². The largest absolute Gasteiger partial charge is 0.322 e. The van der Waals surface area contributed by atoms with Gasteiger partial charge in [0.2, 0.25) is 5.91 Å². The molecule has 2 aromatic carbocycles. The summed E-state index contributed by atoms with van der Waals surface area (Å²) in [6.45, 7) is -0.430. The van der Waals surface area contributed by atoms with E-state index in [1.54, 1.807) is 6.07 Å². The van der Waals surface area contributed by atoms with Crippen LogP contribution in [0.1, 0.15) is 0 Å². The van der Waals surface area contributed by atoms with Crippen molar-refractivity contribution in [2.45, 2.75) is 6.54 Å². The summed E-state index contributed by atoms with van der Waals surface area (Å²) in [6.07, 6.45) is 1.10. The van der Waals surface area contributed by atoms with E-state index in [1.807, 2.05) is 0 Å². The number of carbonyl (C=O) groups excluding carboxylic acids is 1. The first-order chi connectivity index (χ1) is 12.4. The van der Waals surface area contributed by atoms with Crippen LogP contribution in [0, 0.1) is 17.5 Å². The van der Waals surface area contributed by atoms with Gasteiger partial charge < -0.3 is 5.32 Å². The summed E-state index contributed by atoms with van der Waals surface area (Å²) < 4.78 is 41.1. The van der Waals surface area contributed by atoms with Crippen LogP contribution < -0.4 is 10.9 Å². The fourth-order valence-corrected chi connectivity index (χ4v) is 2.30. The van der Waals surface area contributed by atoms with Gasteiger partial charge in [-0.2, -0.15) is 0 Å². The number of benzene rings is 2. The molecule has 0 bridgehead atoms. The monoisotopic (exact) mass is 359 g/mol. The minimum atomic E-state index is -0.932. The van der Waals surface area contributed by atoms with Crippen molar-refractivity contribution in [3.63, 3.8) is 0 Å². The Labute approximate surface area is 145 Å². The van der Waals surface area contributed by atoms with Crippen LogP contribution in [0.3, 0.4) is 0 Å². The van der Waals surface area contributed by atoms with Crippen LogP contribution in [-0.4, -0.2) is 15.5 Å². The zero-order valence-electron chi connectivity index (χ0n) is 13.2. The summed E-state index contributed by atoms with van der Waals surface area (Å²) in [4.78, 5) is 28.1. The number of hydrogen-bond acceptors (Lipinski definition) is 3. The molecule has 0 saturated heterocycles. The fraction of sp³-hybridized carbons (Fsp3) is 0.0556. The average molecular weight is 359 g/mol. The van der Waals surface area contributed by atoms with Crippen LogP contribution in [0.5, 0.6) is 0 Å². The lowest BCUT2D eigenvalue weighted by Gasteiger charge is -2.09. The van der Waals surface area contributed by atoms with Crippen LogP contribution in [0.15, 0.2) is 59.7 Å². The van der Waals surface area contributed by atoms with Crippen molar-refractivity contribution in [3.05, 3.63) is 82.7 Å². The molecule has 0 unspecified atom stereocenters. The molecular formula is C18H12F3N3O2. The molecule has 0 aliphatic carbocycles. The van der Waals surface area contributed by atoms with Crippen LogP contribution in [0.2, 0.25) is 0 Å². The highest BCUT2D eigenvalue weighted by atomic mass is 19.1. The van der Waals surface area contributed by atoms with Gasteiger partial charge in [-0.15, -0.1) is 0 Å². The van der Waals surface area contributed by atoms with Crippen LogP contribution in [-0.2, 0) is 11.3 Å². The lowest BCUT2D eigenvalue weighted by Crippen LogP contribution is -2.27. The topological polar surface area (TPSA) is 64.0 Å².